The lowest BCUT2D eigenvalue weighted by atomic mass is 10.3. The first kappa shape index (κ1) is 20.0. The summed E-state index contributed by atoms with van der Waals surface area (Å²) in [5.41, 5.74) is 6.19. The number of hydrogen-bond donors (Lipinski definition) is 1. The van der Waals surface area contributed by atoms with Crippen molar-refractivity contribution in [3.05, 3.63) is 82.8 Å². The van der Waals surface area contributed by atoms with Crippen LogP contribution in [0.2, 0.25) is 0 Å². The number of rotatable bonds is 6. The molecule has 5 rings (SSSR count). The summed E-state index contributed by atoms with van der Waals surface area (Å²) < 4.78 is 27.2. The molecule has 0 radical (unpaired) electrons. The number of nitrogens with one attached hydrogen (secondary N) is 1. The number of benzene rings is 3. The maximum Gasteiger partial charge on any atom is 0.288 e. The quantitative estimate of drug-likeness (QED) is 0.164. The van der Waals surface area contributed by atoms with E-state index in [0.29, 0.717) is 28.1 Å². The van der Waals surface area contributed by atoms with E-state index >= 15 is 0 Å². The Morgan fingerprint density at radius 1 is 0.806 bits per heavy atom. The highest BCUT2D eigenvalue weighted by atomic mass is 32.2. The van der Waals surface area contributed by atoms with Gasteiger partial charge in [0.2, 0.25) is 0 Å². The van der Waals surface area contributed by atoms with Gasteiger partial charge in [0.15, 0.2) is 5.71 Å². The lowest BCUT2D eigenvalue weighted by Gasteiger charge is -2.05. The maximum atomic E-state index is 12.5. The van der Waals surface area contributed by atoms with Crippen LogP contribution in [-0.4, -0.2) is 21.4 Å². The van der Waals surface area contributed by atoms with Crippen LogP contribution in [0.25, 0.3) is 20.4 Å². The lowest BCUT2D eigenvalue weighted by molar-refractivity contribution is 0.252. The third-order valence-corrected chi connectivity index (χ3v) is 7.18. The van der Waals surface area contributed by atoms with Crippen LogP contribution in [0.15, 0.2) is 82.8 Å². The summed E-state index contributed by atoms with van der Waals surface area (Å²) in [6, 6.07) is 22.6. The van der Waals surface area contributed by atoms with Crippen LogP contribution in [0.4, 0.5) is 14.5 Å². The number of para-hydroxylation sites is 2. The molecule has 1 N–H and O–H groups in total. The second-order valence-corrected chi connectivity index (χ2v) is 9.57. The molecule has 2 heterocycles. The zero-order chi connectivity index (χ0) is 21.2. The number of thioether (sulfide) groups is 1. The highest BCUT2D eigenvalue weighted by Crippen LogP contribution is 2.29. The zero-order valence-electron chi connectivity index (χ0n) is 15.8. The molecule has 4 nitrogen and oxygen atoms in total. The van der Waals surface area contributed by atoms with E-state index in [9.17, 15) is 8.78 Å². The molecule has 0 aliphatic heterocycles. The molecule has 0 fully saturated rings. The fourth-order valence-electron chi connectivity index (χ4n) is 2.97. The molecule has 5 aromatic rings. The Hall–Kier alpha value is -2.88. The average Bonchev–Trinajstić information content (AvgIpc) is 3.38. The van der Waals surface area contributed by atoms with Crippen LogP contribution >= 0.6 is 34.4 Å². The first-order valence-electron chi connectivity index (χ1n) is 9.26. The van der Waals surface area contributed by atoms with Gasteiger partial charge in [-0.2, -0.15) is 13.9 Å². The molecule has 0 saturated carbocycles. The van der Waals surface area contributed by atoms with Crippen molar-refractivity contribution in [2.75, 3.05) is 5.43 Å². The Labute approximate surface area is 188 Å². The monoisotopic (exact) mass is 468 g/mol. The van der Waals surface area contributed by atoms with Gasteiger partial charge in [0.25, 0.3) is 5.76 Å². The molecule has 0 spiro atoms. The molecule has 0 atom stereocenters. The normalized spacial score (nSPS) is 11.3. The molecular weight excluding hydrogens is 454 g/mol. The number of alkyl halides is 2. The van der Waals surface area contributed by atoms with E-state index in [1.165, 1.54) is 0 Å². The van der Waals surface area contributed by atoms with E-state index in [4.69, 9.17) is 9.97 Å². The van der Waals surface area contributed by atoms with E-state index in [0.717, 1.165) is 30.4 Å². The van der Waals surface area contributed by atoms with Crippen molar-refractivity contribution in [1.29, 1.82) is 0 Å². The Morgan fingerprint density at radius 2 is 1.35 bits per heavy atom. The fraction of sp³-hybridized carbons (Fsp3) is 0.0455. The van der Waals surface area contributed by atoms with Gasteiger partial charge in [-0.1, -0.05) is 36.0 Å². The molecule has 9 heteroatoms. The summed E-state index contributed by atoms with van der Waals surface area (Å²) in [7, 11) is 0. The van der Waals surface area contributed by atoms with Crippen LogP contribution in [-0.2, 0) is 0 Å². The zero-order valence-corrected chi connectivity index (χ0v) is 18.3. The van der Waals surface area contributed by atoms with Crippen LogP contribution < -0.4 is 5.43 Å². The molecular formula is C22H14F2N4S3. The van der Waals surface area contributed by atoms with Crippen molar-refractivity contribution in [1.82, 2.24) is 9.97 Å². The van der Waals surface area contributed by atoms with Crippen molar-refractivity contribution < 1.29 is 8.78 Å². The first-order chi connectivity index (χ1) is 15.2. The number of aromatic nitrogens is 2. The van der Waals surface area contributed by atoms with Crippen molar-refractivity contribution in [2.45, 2.75) is 10.7 Å². The Balaban J connectivity index is 1.53. The minimum atomic E-state index is -2.44. The number of halogens is 2. The second kappa shape index (κ2) is 8.70. The predicted molar refractivity (Wildman–Crippen MR) is 127 cm³/mol. The number of hydrogen-bond acceptors (Lipinski definition) is 7. The van der Waals surface area contributed by atoms with Gasteiger partial charge in [-0.05, 0) is 48.5 Å². The molecule has 0 aliphatic carbocycles. The molecule has 0 amide bonds. The predicted octanol–water partition coefficient (Wildman–Crippen LogP) is 7.09. The van der Waals surface area contributed by atoms with Gasteiger partial charge in [-0.3, -0.25) is 5.43 Å². The van der Waals surface area contributed by atoms with Crippen molar-refractivity contribution in [2.24, 2.45) is 5.10 Å². The summed E-state index contributed by atoms with van der Waals surface area (Å²) in [4.78, 5) is 9.99. The Morgan fingerprint density at radius 3 is 1.87 bits per heavy atom. The number of hydrazone groups is 1. The number of nitrogens with zero attached hydrogens (tertiary/aromatic N) is 3. The van der Waals surface area contributed by atoms with Gasteiger partial charge in [-0.15, -0.1) is 22.7 Å². The minimum absolute atomic E-state index is 0.502. The van der Waals surface area contributed by atoms with E-state index in [2.05, 4.69) is 10.5 Å². The summed E-state index contributed by atoms with van der Waals surface area (Å²) >= 11 is 3.62. The molecule has 0 unspecified atom stereocenters. The van der Waals surface area contributed by atoms with Gasteiger partial charge in [0, 0.05) is 4.90 Å². The maximum absolute atomic E-state index is 12.5. The molecule has 2 aromatic heterocycles. The van der Waals surface area contributed by atoms with E-state index in [-0.39, 0.29) is 0 Å². The van der Waals surface area contributed by atoms with Crippen molar-refractivity contribution in [3.8, 4) is 0 Å². The van der Waals surface area contributed by atoms with Gasteiger partial charge < -0.3 is 0 Å². The SMILES string of the molecule is FC(F)Sc1ccc(NN=C(c2nc3ccccc3s2)c2nc3ccccc3s2)cc1. The van der Waals surface area contributed by atoms with Crippen LogP contribution in [0.3, 0.4) is 0 Å². The summed E-state index contributed by atoms with van der Waals surface area (Å²) in [5, 5.41) is 6.15. The van der Waals surface area contributed by atoms with E-state index < -0.39 is 5.76 Å². The van der Waals surface area contributed by atoms with E-state index in [1.54, 1.807) is 46.9 Å². The number of thiazole rings is 2. The Kier molecular flexibility index (Phi) is 5.63. The fourth-order valence-corrected chi connectivity index (χ4v) is 5.44. The van der Waals surface area contributed by atoms with Gasteiger partial charge in [0.1, 0.15) is 10.0 Å². The van der Waals surface area contributed by atoms with Gasteiger partial charge >= 0.3 is 0 Å². The van der Waals surface area contributed by atoms with E-state index in [1.807, 2.05) is 48.5 Å². The molecule has 3 aromatic carbocycles. The highest BCUT2D eigenvalue weighted by molar-refractivity contribution is 7.99. The third-order valence-electron chi connectivity index (χ3n) is 4.37. The number of fused-ring (bicyclic) bond motifs is 2. The minimum Gasteiger partial charge on any atom is -0.278 e. The average molecular weight is 469 g/mol. The molecule has 0 bridgehead atoms. The van der Waals surface area contributed by atoms with Crippen LogP contribution in [0, 0.1) is 0 Å². The summed E-state index contributed by atoms with van der Waals surface area (Å²) in [6.07, 6.45) is 0. The molecule has 154 valence electrons. The Bertz CT molecular complexity index is 1230. The second-order valence-electron chi connectivity index (χ2n) is 6.45. The summed E-state index contributed by atoms with van der Waals surface area (Å²) in [5.74, 6) is -2.44. The molecule has 0 aliphatic rings. The lowest BCUT2D eigenvalue weighted by Crippen LogP contribution is -2.06. The standard InChI is InChI=1S/C22H14F2N4S3/c23-22(24)29-14-11-9-13(10-12-14)27-28-19(20-25-15-5-1-3-7-17(15)30-20)21-26-16-6-2-4-8-18(16)31-21/h1-12,22,27H. The first-order valence-corrected chi connectivity index (χ1v) is 11.8. The largest absolute Gasteiger partial charge is 0.288 e. The highest BCUT2D eigenvalue weighted by Gasteiger charge is 2.17. The van der Waals surface area contributed by atoms with Gasteiger partial charge in [-0.25, -0.2) is 9.97 Å². The smallest absolute Gasteiger partial charge is 0.278 e. The van der Waals surface area contributed by atoms with Crippen LogP contribution in [0.5, 0.6) is 0 Å². The molecule has 0 saturated heterocycles. The van der Waals surface area contributed by atoms with Crippen molar-refractivity contribution in [3.63, 3.8) is 0 Å². The van der Waals surface area contributed by atoms with Gasteiger partial charge in [0.05, 0.1) is 26.1 Å². The molecule has 31 heavy (non-hydrogen) atoms. The topological polar surface area (TPSA) is 50.2 Å². The number of anilines is 1. The van der Waals surface area contributed by atoms with Crippen LogP contribution in [0.1, 0.15) is 10.0 Å². The summed E-state index contributed by atoms with van der Waals surface area (Å²) in [6.45, 7) is 0. The van der Waals surface area contributed by atoms with Crippen molar-refractivity contribution >= 4 is 66.3 Å². The third kappa shape index (κ3) is 4.43.